The van der Waals surface area contributed by atoms with Crippen molar-refractivity contribution < 1.29 is 19.1 Å². The highest BCUT2D eigenvalue weighted by Gasteiger charge is 2.58. The van der Waals surface area contributed by atoms with Gasteiger partial charge in [0.2, 0.25) is 0 Å². The van der Waals surface area contributed by atoms with Gasteiger partial charge in [-0.25, -0.2) is 4.79 Å². The molecule has 36 heavy (non-hydrogen) atoms. The van der Waals surface area contributed by atoms with Crippen LogP contribution in [0, 0.1) is 28.6 Å². The Morgan fingerprint density at radius 1 is 1.14 bits per heavy atom. The molecule has 2 N–H and O–H groups in total. The summed E-state index contributed by atoms with van der Waals surface area (Å²) in [7, 11) is 0. The van der Waals surface area contributed by atoms with Crippen LogP contribution in [0.1, 0.15) is 89.5 Å². The highest BCUT2D eigenvalue weighted by atomic mass is 16.5. The molecule has 9 atom stereocenters. The Hall–Kier alpha value is -1.92. The van der Waals surface area contributed by atoms with Crippen LogP contribution in [0.25, 0.3) is 0 Å². The number of ether oxygens (including phenoxy) is 1. The van der Waals surface area contributed by atoms with E-state index < -0.39 is 0 Å². The lowest BCUT2D eigenvalue weighted by Crippen LogP contribution is -2.52. The van der Waals surface area contributed by atoms with E-state index in [1.165, 1.54) is 25.7 Å². The van der Waals surface area contributed by atoms with Crippen LogP contribution in [-0.4, -0.2) is 35.9 Å². The highest BCUT2D eigenvalue weighted by molar-refractivity contribution is 5.76. The molecule has 0 radical (unpaired) electrons. The lowest BCUT2D eigenvalue weighted by atomic mass is 9.46. The Kier molecular flexibility index (Phi) is 6.19. The maximum atomic E-state index is 12.8. The van der Waals surface area contributed by atoms with Crippen molar-refractivity contribution in [3.05, 3.63) is 46.0 Å². The molecule has 4 aliphatic carbocycles. The van der Waals surface area contributed by atoms with Gasteiger partial charge in [-0.3, -0.25) is 10.1 Å². The van der Waals surface area contributed by atoms with E-state index in [-0.39, 0.29) is 41.8 Å². The zero-order chi connectivity index (χ0) is 25.1. The van der Waals surface area contributed by atoms with Crippen LogP contribution in [0.15, 0.2) is 39.3 Å². The van der Waals surface area contributed by atoms with Gasteiger partial charge >= 0.3 is 11.6 Å². The zero-order valence-electron chi connectivity index (χ0n) is 21.7. The van der Waals surface area contributed by atoms with Crippen LogP contribution in [-0.2, 0) is 9.53 Å². The van der Waals surface area contributed by atoms with E-state index in [0.717, 1.165) is 44.1 Å². The summed E-state index contributed by atoms with van der Waals surface area (Å²) < 4.78 is 11.3. The number of allylic oxidation sites excluding steroid dienone is 2. The maximum Gasteiger partial charge on any atom is 0.335 e. The number of nitrogens with one attached hydrogen (secondary N) is 1. The van der Waals surface area contributed by atoms with Crippen LogP contribution in [0.5, 0.6) is 0 Å². The third kappa shape index (κ3) is 3.91. The molecule has 1 aromatic rings. The molecule has 1 aromatic heterocycles. The SMILES string of the molecule is CC12CCC3C(CCC4CC(OC(=O)C5CC[C@H](CO)N5)CCC43C)C1=CCC2c1ccc(=O)oc1. The van der Waals surface area contributed by atoms with E-state index in [0.29, 0.717) is 29.1 Å². The van der Waals surface area contributed by atoms with Crippen molar-refractivity contribution in [2.24, 2.45) is 28.6 Å². The Balaban J connectivity index is 1.13. The molecule has 0 amide bonds. The molecule has 5 aliphatic rings. The number of rotatable bonds is 4. The first-order chi connectivity index (χ1) is 17.3. The summed E-state index contributed by atoms with van der Waals surface area (Å²) in [5.74, 6) is 2.22. The number of fused-ring (bicyclic) bond motifs is 5. The normalized spacial score (nSPS) is 43.8. The number of aliphatic hydroxyl groups is 1. The molecule has 1 saturated heterocycles. The van der Waals surface area contributed by atoms with E-state index >= 15 is 0 Å². The summed E-state index contributed by atoms with van der Waals surface area (Å²) in [5.41, 5.74) is 3.00. The number of carbonyl (C=O) groups is 1. The summed E-state index contributed by atoms with van der Waals surface area (Å²) in [6.45, 7) is 5.05. The first kappa shape index (κ1) is 24.4. The van der Waals surface area contributed by atoms with Crippen LogP contribution in [0.2, 0.25) is 0 Å². The first-order valence-corrected chi connectivity index (χ1v) is 14.2. The molecule has 6 rings (SSSR count). The summed E-state index contributed by atoms with van der Waals surface area (Å²) in [6.07, 6.45) is 14.8. The standard InChI is InChI=1S/C30H41NO5/c1-29-13-11-21(36-28(34)26-9-5-20(16-32)31-26)15-19(29)4-6-22-24-8-7-23(18-3-10-27(33)35-17-18)30(24,2)14-12-25(22)29/h3,8,10,17,19-23,25-26,31-32H,4-7,9,11-16H2,1-2H3/t19?,20-,21?,22?,23?,25?,26?,29?,30?/m1/s1. The van der Waals surface area contributed by atoms with Gasteiger partial charge in [-0.05, 0) is 110 Å². The Labute approximate surface area is 213 Å². The number of aliphatic hydroxyl groups excluding tert-OH is 1. The van der Waals surface area contributed by atoms with Crippen molar-refractivity contribution >= 4 is 5.97 Å². The van der Waals surface area contributed by atoms with Gasteiger partial charge in [-0.1, -0.05) is 25.5 Å². The maximum absolute atomic E-state index is 12.8. The predicted molar refractivity (Wildman–Crippen MR) is 136 cm³/mol. The minimum Gasteiger partial charge on any atom is -0.461 e. The fraction of sp³-hybridized carbons (Fsp3) is 0.733. The molecule has 0 bridgehead atoms. The van der Waals surface area contributed by atoms with E-state index in [2.05, 4.69) is 25.2 Å². The predicted octanol–water partition coefficient (Wildman–Crippen LogP) is 4.71. The number of hydrogen-bond donors (Lipinski definition) is 2. The van der Waals surface area contributed by atoms with E-state index in [1.807, 2.05) is 6.07 Å². The third-order valence-electron chi connectivity index (χ3n) is 11.2. The summed E-state index contributed by atoms with van der Waals surface area (Å²) in [5, 5.41) is 12.6. The van der Waals surface area contributed by atoms with Gasteiger partial charge in [-0.2, -0.15) is 0 Å². The molecule has 3 saturated carbocycles. The second kappa shape index (κ2) is 9.13. The third-order valence-corrected chi connectivity index (χ3v) is 11.2. The van der Waals surface area contributed by atoms with Crippen LogP contribution < -0.4 is 10.9 Å². The average Bonchev–Trinajstić information content (AvgIpc) is 3.49. The zero-order valence-corrected chi connectivity index (χ0v) is 21.7. The van der Waals surface area contributed by atoms with Crippen molar-refractivity contribution in [2.45, 2.75) is 102 Å². The second-order valence-corrected chi connectivity index (χ2v) is 12.8. The van der Waals surface area contributed by atoms with Crippen LogP contribution in [0.4, 0.5) is 0 Å². The summed E-state index contributed by atoms with van der Waals surface area (Å²) >= 11 is 0. The molecule has 2 heterocycles. The van der Waals surface area contributed by atoms with Crippen molar-refractivity contribution in [1.29, 1.82) is 0 Å². The Morgan fingerprint density at radius 3 is 2.75 bits per heavy atom. The average molecular weight is 496 g/mol. The molecule has 6 heteroatoms. The van der Waals surface area contributed by atoms with Crippen molar-refractivity contribution in [2.75, 3.05) is 6.61 Å². The number of carbonyl (C=O) groups excluding carboxylic acids is 1. The monoisotopic (exact) mass is 495 g/mol. The molecule has 0 spiro atoms. The van der Waals surface area contributed by atoms with Gasteiger partial charge in [-0.15, -0.1) is 0 Å². The summed E-state index contributed by atoms with van der Waals surface area (Å²) in [6, 6.07) is 3.29. The largest absolute Gasteiger partial charge is 0.461 e. The fourth-order valence-electron chi connectivity index (χ4n) is 9.12. The van der Waals surface area contributed by atoms with Crippen molar-refractivity contribution in [3.63, 3.8) is 0 Å². The van der Waals surface area contributed by atoms with Crippen molar-refractivity contribution in [3.8, 4) is 0 Å². The van der Waals surface area contributed by atoms with Gasteiger partial charge in [0, 0.05) is 12.1 Å². The Morgan fingerprint density at radius 2 is 2.00 bits per heavy atom. The first-order valence-electron chi connectivity index (χ1n) is 14.2. The minimum atomic E-state index is -0.278. The van der Waals surface area contributed by atoms with Gasteiger partial charge in [0.1, 0.15) is 12.1 Å². The molecule has 4 fully saturated rings. The van der Waals surface area contributed by atoms with Gasteiger partial charge in [0.15, 0.2) is 0 Å². The molecule has 0 aromatic carbocycles. The summed E-state index contributed by atoms with van der Waals surface area (Å²) in [4.78, 5) is 24.3. The second-order valence-electron chi connectivity index (χ2n) is 12.8. The van der Waals surface area contributed by atoms with Gasteiger partial charge < -0.3 is 14.3 Å². The van der Waals surface area contributed by atoms with Crippen molar-refractivity contribution in [1.82, 2.24) is 5.32 Å². The van der Waals surface area contributed by atoms with E-state index in [1.54, 1.807) is 17.9 Å². The fourth-order valence-corrected chi connectivity index (χ4v) is 9.12. The molecular weight excluding hydrogens is 454 g/mol. The Bertz CT molecular complexity index is 1070. The number of esters is 1. The quantitative estimate of drug-likeness (QED) is 0.465. The molecular formula is C30H41NO5. The molecule has 196 valence electrons. The minimum absolute atomic E-state index is 0.0226. The molecule has 8 unspecified atom stereocenters. The van der Waals surface area contributed by atoms with Crippen LogP contribution >= 0.6 is 0 Å². The van der Waals surface area contributed by atoms with Gasteiger partial charge in [0.05, 0.1) is 12.9 Å². The number of hydrogen-bond acceptors (Lipinski definition) is 6. The van der Waals surface area contributed by atoms with Crippen LogP contribution in [0.3, 0.4) is 0 Å². The van der Waals surface area contributed by atoms with Gasteiger partial charge in [0.25, 0.3) is 0 Å². The topological polar surface area (TPSA) is 88.8 Å². The highest BCUT2D eigenvalue weighted by Crippen LogP contribution is 2.67. The lowest BCUT2D eigenvalue weighted by molar-refractivity contribution is -0.159. The molecule has 1 aliphatic heterocycles. The lowest BCUT2D eigenvalue weighted by Gasteiger charge is -2.59. The smallest absolute Gasteiger partial charge is 0.335 e. The molecule has 6 nitrogen and oxygen atoms in total. The van der Waals surface area contributed by atoms with E-state index in [4.69, 9.17) is 9.15 Å². The van der Waals surface area contributed by atoms with E-state index in [9.17, 15) is 14.7 Å².